The van der Waals surface area contributed by atoms with Gasteiger partial charge in [-0.15, -0.1) is 0 Å². The Hall–Kier alpha value is -2.30. The van der Waals surface area contributed by atoms with Gasteiger partial charge in [-0.25, -0.2) is 9.13 Å². The lowest BCUT2D eigenvalue weighted by Crippen LogP contribution is -2.46. The normalized spacial score (nSPS) is 15.3. The summed E-state index contributed by atoms with van der Waals surface area (Å²) in [5, 5.41) is 1.86. The third-order valence-corrected chi connectivity index (χ3v) is 6.65. The van der Waals surface area contributed by atoms with Gasteiger partial charge in [0.25, 0.3) is 0 Å². The fourth-order valence-electron chi connectivity index (χ4n) is 3.36. The summed E-state index contributed by atoms with van der Waals surface area (Å²) in [5.74, 6) is -0.232. The van der Waals surface area contributed by atoms with Crippen molar-refractivity contribution in [2.24, 2.45) is 0 Å². The maximum absolute atomic E-state index is 13.0. The van der Waals surface area contributed by atoms with Gasteiger partial charge < -0.3 is 5.32 Å². The first-order valence-electron chi connectivity index (χ1n) is 8.98. The van der Waals surface area contributed by atoms with Crippen molar-refractivity contribution in [1.82, 2.24) is 0 Å². The van der Waals surface area contributed by atoms with E-state index < -0.39 is 18.4 Å². The number of carbonyl (C=O) groups excluding carboxylic acids is 1. The van der Waals surface area contributed by atoms with Crippen LogP contribution in [-0.2, 0) is 19.3 Å². The number of hydrogen-bond acceptors (Lipinski definition) is 4. The van der Waals surface area contributed by atoms with E-state index in [9.17, 15) is 13.9 Å². The van der Waals surface area contributed by atoms with Crippen LogP contribution in [-0.4, -0.2) is 16.2 Å². The van der Waals surface area contributed by atoms with Gasteiger partial charge in [0.05, 0.1) is 11.1 Å². The summed E-state index contributed by atoms with van der Waals surface area (Å²) >= 11 is 5.50. The molecule has 3 rings (SSSR count). The average Bonchev–Trinajstić information content (AvgIpc) is 2.81. The number of thiocarbonyl (C=S) groups is 1. The van der Waals surface area contributed by atoms with E-state index in [1.807, 2.05) is 57.2 Å². The van der Waals surface area contributed by atoms with Gasteiger partial charge in [-0.1, -0.05) is 48.1 Å². The number of nitrogens with zero attached hydrogens (tertiary/aromatic N) is 1. The molecule has 0 saturated carbocycles. The maximum Gasteiger partial charge on any atom is 0.341 e. The minimum atomic E-state index is -2.85. The molecule has 1 N–H and O–H groups in total. The zero-order valence-corrected chi connectivity index (χ0v) is 18.3. The molecule has 28 heavy (non-hydrogen) atoms. The van der Waals surface area contributed by atoms with Crippen LogP contribution in [0.3, 0.4) is 0 Å². The Morgan fingerprint density at radius 3 is 2.29 bits per heavy atom. The van der Waals surface area contributed by atoms with Crippen LogP contribution in [0.2, 0.25) is 0 Å². The van der Waals surface area contributed by atoms with Gasteiger partial charge in [-0.2, -0.15) is 0 Å². The first kappa shape index (κ1) is 20.4. The molecule has 1 aliphatic rings. The lowest BCUT2D eigenvalue weighted by molar-refractivity contribution is -0.122. The third-order valence-electron chi connectivity index (χ3n) is 5.22. The van der Waals surface area contributed by atoms with Crippen molar-refractivity contribution in [2.75, 3.05) is 10.2 Å². The molecule has 146 valence electrons. The van der Waals surface area contributed by atoms with E-state index in [2.05, 4.69) is 5.32 Å². The zero-order valence-electron chi connectivity index (χ0n) is 16.6. The van der Waals surface area contributed by atoms with Crippen LogP contribution in [0.5, 0.6) is 0 Å². The fourth-order valence-corrected chi connectivity index (χ4v) is 3.98. The molecule has 0 unspecified atom stereocenters. The summed E-state index contributed by atoms with van der Waals surface area (Å²) in [4.78, 5) is 15.0. The van der Waals surface area contributed by atoms with Crippen molar-refractivity contribution in [3.8, 4) is 0 Å². The molecule has 0 fully saturated rings. The number of benzene rings is 2. The molecule has 2 aromatic carbocycles. The van der Waals surface area contributed by atoms with Crippen LogP contribution in [0.15, 0.2) is 42.5 Å². The van der Waals surface area contributed by atoms with Crippen LogP contribution < -0.4 is 10.2 Å². The van der Waals surface area contributed by atoms with Crippen LogP contribution >= 0.6 is 19.9 Å². The van der Waals surface area contributed by atoms with E-state index in [0.29, 0.717) is 16.4 Å². The van der Waals surface area contributed by atoms with Crippen molar-refractivity contribution < 1.29 is 13.9 Å². The zero-order chi connectivity index (χ0) is 20.9. The SMILES string of the molecule is Cc1ccc(C(=S)Nc2ccc3c(c2)N(C(C)(C)P(=O)=O)C(=O)C3(C)C)cc1. The van der Waals surface area contributed by atoms with E-state index in [0.717, 1.165) is 16.7 Å². The van der Waals surface area contributed by atoms with Crippen molar-refractivity contribution in [1.29, 1.82) is 0 Å². The van der Waals surface area contributed by atoms with Gasteiger partial charge in [0.15, 0.2) is 5.28 Å². The number of amides is 1. The van der Waals surface area contributed by atoms with Gasteiger partial charge in [0, 0.05) is 11.3 Å². The number of aryl methyl sites for hydroxylation is 1. The van der Waals surface area contributed by atoms with E-state index in [4.69, 9.17) is 12.2 Å². The first-order valence-corrected chi connectivity index (χ1v) is 10.6. The molecule has 2 aromatic rings. The second-order valence-corrected chi connectivity index (χ2v) is 10.1. The number of carbonyl (C=O) groups is 1. The van der Waals surface area contributed by atoms with Crippen molar-refractivity contribution in [3.05, 3.63) is 59.2 Å². The maximum atomic E-state index is 13.0. The highest BCUT2D eigenvalue weighted by molar-refractivity contribution is 7.81. The lowest BCUT2D eigenvalue weighted by Gasteiger charge is -2.30. The minimum Gasteiger partial charge on any atom is -0.346 e. The van der Waals surface area contributed by atoms with Gasteiger partial charge in [-0.3, -0.25) is 9.69 Å². The van der Waals surface area contributed by atoms with E-state index in [1.54, 1.807) is 19.9 Å². The fraction of sp³-hybridized carbons (Fsp3) is 0.333. The van der Waals surface area contributed by atoms with E-state index in [-0.39, 0.29) is 5.91 Å². The molecule has 5 nitrogen and oxygen atoms in total. The molecule has 1 heterocycles. The van der Waals surface area contributed by atoms with Gasteiger partial charge >= 0.3 is 7.68 Å². The first-order chi connectivity index (χ1) is 13.0. The summed E-state index contributed by atoms with van der Waals surface area (Å²) in [6, 6.07) is 13.4. The molecular formula is C21H23N2O3PS. The van der Waals surface area contributed by atoms with Gasteiger partial charge in [0.2, 0.25) is 5.91 Å². The average molecular weight is 414 g/mol. The Kier molecular flexibility index (Phi) is 5.07. The molecule has 1 aliphatic heterocycles. The molecular weight excluding hydrogens is 391 g/mol. The summed E-state index contributed by atoms with van der Waals surface area (Å²) in [7, 11) is -2.85. The Bertz CT molecular complexity index is 1030. The second-order valence-electron chi connectivity index (χ2n) is 8.07. The molecule has 7 heteroatoms. The third kappa shape index (κ3) is 3.31. The number of rotatable bonds is 4. The van der Waals surface area contributed by atoms with Crippen molar-refractivity contribution in [3.63, 3.8) is 0 Å². The number of anilines is 2. The number of nitrogens with one attached hydrogen (secondary N) is 1. The Balaban J connectivity index is 2.01. The number of hydrogen-bond donors (Lipinski definition) is 1. The molecule has 0 aromatic heterocycles. The molecule has 0 radical (unpaired) electrons. The molecule has 0 aliphatic carbocycles. The molecule has 0 saturated heterocycles. The molecule has 0 bridgehead atoms. The molecule has 0 spiro atoms. The summed E-state index contributed by atoms with van der Waals surface area (Å²) in [5.41, 5.74) is 3.34. The van der Waals surface area contributed by atoms with Gasteiger partial charge in [-0.05, 0) is 52.3 Å². The Morgan fingerprint density at radius 1 is 1.11 bits per heavy atom. The smallest absolute Gasteiger partial charge is 0.341 e. The highest BCUT2D eigenvalue weighted by Crippen LogP contribution is 2.49. The largest absolute Gasteiger partial charge is 0.346 e. The molecule has 0 atom stereocenters. The number of fused-ring (bicyclic) bond motifs is 1. The molecule has 1 amide bonds. The quantitative estimate of drug-likeness (QED) is 0.542. The van der Waals surface area contributed by atoms with Gasteiger partial charge in [0.1, 0.15) is 4.99 Å². The van der Waals surface area contributed by atoms with E-state index >= 15 is 0 Å². The summed E-state index contributed by atoms with van der Waals surface area (Å²) < 4.78 is 23.7. The predicted octanol–water partition coefficient (Wildman–Crippen LogP) is 5.32. The van der Waals surface area contributed by atoms with Crippen LogP contribution in [0.4, 0.5) is 11.4 Å². The van der Waals surface area contributed by atoms with E-state index in [1.165, 1.54) is 4.90 Å². The second kappa shape index (κ2) is 6.94. The highest BCUT2D eigenvalue weighted by Gasteiger charge is 2.51. The van der Waals surface area contributed by atoms with Crippen molar-refractivity contribution >= 4 is 42.2 Å². The van der Waals surface area contributed by atoms with Crippen LogP contribution in [0, 0.1) is 6.92 Å². The van der Waals surface area contributed by atoms with Crippen LogP contribution in [0.25, 0.3) is 0 Å². The topological polar surface area (TPSA) is 66.5 Å². The van der Waals surface area contributed by atoms with Crippen molar-refractivity contribution in [2.45, 2.75) is 45.3 Å². The Labute approximate surface area is 171 Å². The summed E-state index contributed by atoms with van der Waals surface area (Å²) in [6.45, 7) is 8.71. The Morgan fingerprint density at radius 2 is 1.71 bits per heavy atom. The minimum absolute atomic E-state index is 0.232. The predicted molar refractivity (Wildman–Crippen MR) is 116 cm³/mol. The summed E-state index contributed by atoms with van der Waals surface area (Å²) in [6.07, 6.45) is 0. The highest BCUT2D eigenvalue weighted by atomic mass is 32.1. The monoisotopic (exact) mass is 414 g/mol. The van der Waals surface area contributed by atoms with Crippen LogP contribution in [0.1, 0.15) is 44.4 Å². The standard InChI is InChI=1S/C21H23N2O3PS/c1-13-6-8-14(9-7-13)18(28)22-15-10-11-16-17(12-15)23(19(24)20(16,2)3)21(4,5)27(25)26/h6-12H,1-5H3,(H,22,28). The lowest BCUT2D eigenvalue weighted by atomic mass is 9.86.